The summed E-state index contributed by atoms with van der Waals surface area (Å²) >= 11 is 5.91. The molecule has 0 saturated carbocycles. The molecule has 0 aliphatic heterocycles. The van der Waals surface area contributed by atoms with E-state index in [1.807, 2.05) is 39.8 Å². The number of carbonyl (C=O) groups excluding carboxylic acids is 1. The van der Waals surface area contributed by atoms with Crippen LogP contribution >= 0.6 is 11.6 Å². The summed E-state index contributed by atoms with van der Waals surface area (Å²) in [6, 6.07) is 10.9. The van der Waals surface area contributed by atoms with E-state index in [1.165, 1.54) is 0 Å². The molecule has 2 aromatic carbocycles. The zero-order chi connectivity index (χ0) is 19.3. The fourth-order valence-electron chi connectivity index (χ4n) is 2.70. The highest BCUT2D eigenvalue weighted by molar-refractivity contribution is 6.30. The fraction of sp³-hybridized carbons (Fsp3) is 0.381. The number of rotatable bonds is 8. The van der Waals surface area contributed by atoms with E-state index in [2.05, 4.69) is 5.32 Å². The Bertz CT molecular complexity index is 757. The van der Waals surface area contributed by atoms with Crippen molar-refractivity contribution in [1.82, 2.24) is 5.32 Å². The zero-order valence-electron chi connectivity index (χ0n) is 15.7. The van der Waals surface area contributed by atoms with Gasteiger partial charge in [0.1, 0.15) is 18.5 Å². The van der Waals surface area contributed by atoms with Crippen molar-refractivity contribution in [3.8, 4) is 5.75 Å². The molecule has 2 rings (SSSR count). The van der Waals surface area contributed by atoms with Crippen LogP contribution in [0.5, 0.6) is 5.75 Å². The third-order valence-corrected chi connectivity index (χ3v) is 4.22. The van der Waals surface area contributed by atoms with Crippen LogP contribution in [0.4, 0.5) is 0 Å². The van der Waals surface area contributed by atoms with Gasteiger partial charge in [0.15, 0.2) is 5.78 Å². The average molecular weight is 376 g/mol. The topological polar surface area (TPSA) is 58.6 Å². The number of ketones is 1. The molecule has 0 spiro atoms. The van der Waals surface area contributed by atoms with Crippen molar-refractivity contribution < 1.29 is 14.6 Å². The number of aliphatic hydroxyl groups is 1. The molecular weight excluding hydrogens is 350 g/mol. The van der Waals surface area contributed by atoms with Crippen molar-refractivity contribution in [3.05, 3.63) is 63.7 Å². The van der Waals surface area contributed by atoms with Crippen LogP contribution < -0.4 is 10.1 Å². The van der Waals surface area contributed by atoms with E-state index in [1.54, 1.807) is 24.3 Å². The maximum atomic E-state index is 13.0. The molecule has 0 fully saturated rings. The van der Waals surface area contributed by atoms with Crippen molar-refractivity contribution in [2.24, 2.45) is 0 Å². The molecule has 0 aliphatic carbocycles. The summed E-state index contributed by atoms with van der Waals surface area (Å²) < 4.78 is 5.82. The highest BCUT2D eigenvalue weighted by atomic mass is 35.5. The van der Waals surface area contributed by atoms with Crippen LogP contribution in [0.2, 0.25) is 5.02 Å². The van der Waals surface area contributed by atoms with Gasteiger partial charge in [-0.1, -0.05) is 31.5 Å². The van der Waals surface area contributed by atoms with E-state index in [0.29, 0.717) is 28.4 Å². The zero-order valence-corrected chi connectivity index (χ0v) is 16.4. The first-order valence-corrected chi connectivity index (χ1v) is 9.11. The molecule has 26 heavy (non-hydrogen) atoms. The summed E-state index contributed by atoms with van der Waals surface area (Å²) in [5.41, 5.74) is 2.91. The van der Waals surface area contributed by atoms with Crippen molar-refractivity contribution in [3.63, 3.8) is 0 Å². The fourth-order valence-corrected chi connectivity index (χ4v) is 2.82. The van der Waals surface area contributed by atoms with Crippen LogP contribution in [0, 0.1) is 13.8 Å². The molecule has 4 nitrogen and oxygen atoms in total. The lowest BCUT2D eigenvalue weighted by molar-refractivity contribution is 0.0981. The number of nitrogens with one attached hydrogen (secondary N) is 1. The number of carbonyl (C=O) groups is 1. The summed E-state index contributed by atoms with van der Waals surface area (Å²) in [5.74, 6) is 0.370. The van der Waals surface area contributed by atoms with Gasteiger partial charge in [0, 0.05) is 23.2 Å². The predicted molar refractivity (Wildman–Crippen MR) is 105 cm³/mol. The van der Waals surface area contributed by atoms with E-state index >= 15 is 0 Å². The molecular formula is C21H26ClNO3. The van der Waals surface area contributed by atoms with Crippen LogP contribution in [-0.4, -0.2) is 36.2 Å². The summed E-state index contributed by atoms with van der Waals surface area (Å²) in [4.78, 5) is 13.0. The summed E-state index contributed by atoms with van der Waals surface area (Å²) in [6.45, 7) is 8.42. The van der Waals surface area contributed by atoms with E-state index in [-0.39, 0.29) is 18.4 Å². The Kier molecular flexibility index (Phi) is 7.21. The smallest absolute Gasteiger partial charge is 0.197 e. The van der Waals surface area contributed by atoms with Gasteiger partial charge in [0.25, 0.3) is 0 Å². The largest absolute Gasteiger partial charge is 0.490 e. The van der Waals surface area contributed by atoms with Crippen molar-refractivity contribution in [2.75, 3.05) is 13.2 Å². The molecule has 0 bridgehead atoms. The van der Waals surface area contributed by atoms with Crippen molar-refractivity contribution in [2.45, 2.75) is 39.8 Å². The first-order valence-electron chi connectivity index (χ1n) is 8.73. The highest BCUT2D eigenvalue weighted by Crippen LogP contribution is 2.28. The minimum absolute atomic E-state index is 0.115. The molecule has 0 radical (unpaired) electrons. The van der Waals surface area contributed by atoms with Gasteiger partial charge >= 0.3 is 0 Å². The van der Waals surface area contributed by atoms with Gasteiger partial charge in [0.2, 0.25) is 0 Å². The van der Waals surface area contributed by atoms with Crippen LogP contribution in [-0.2, 0) is 0 Å². The number of aliphatic hydroxyl groups excluding tert-OH is 1. The van der Waals surface area contributed by atoms with E-state index in [0.717, 1.165) is 11.1 Å². The Labute approximate surface area is 160 Å². The van der Waals surface area contributed by atoms with Gasteiger partial charge in [-0.25, -0.2) is 0 Å². The standard InChI is InChI=1S/C21H26ClNO3/c1-13(2)23-11-18(24)12-26-19-10-14(3)9-15(4)20(19)21(25)16-5-7-17(22)8-6-16/h5-10,13,18,23-24H,11-12H2,1-4H3. The number of hydrogen-bond acceptors (Lipinski definition) is 4. The summed E-state index contributed by atoms with van der Waals surface area (Å²) in [6.07, 6.45) is -0.656. The molecule has 1 unspecified atom stereocenters. The second-order valence-corrected chi connectivity index (χ2v) is 7.26. The third kappa shape index (κ3) is 5.56. The van der Waals surface area contributed by atoms with E-state index in [4.69, 9.17) is 16.3 Å². The van der Waals surface area contributed by atoms with E-state index < -0.39 is 6.10 Å². The molecule has 0 aliphatic rings. The van der Waals surface area contributed by atoms with E-state index in [9.17, 15) is 9.90 Å². The molecule has 0 amide bonds. The lowest BCUT2D eigenvalue weighted by Gasteiger charge is -2.18. The minimum Gasteiger partial charge on any atom is -0.490 e. The Morgan fingerprint density at radius 2 is 1.85 bits per heavy atom. The van der Waals surface area contributed by atoms with Gasteiger partial charge < -0.3 is 15.2 Å². The quantitative estimate of drug-likeness (QED) is 0.686. The lowest BCUT2D eigenvalue weighted by Crippen LogP contribution is -2.35. The first kappa shape index (κ1) is 20.4. The molecule has 140 valence electrons. The first-order chi connectivity index (χ1) is 12.3. The number of hydrogen-bond donors (Lipinski definition) is 2. The number of halogens is 1. The van der Waals surface area contributed by atoms with Gasteiger partial charge in [0.05, 0.1) is 5.56 Å². The third-order valence-electron chi connectivity index (χ3n) is 3.97. The Hall–Kier alpha value is -1.88. The Morgan fingerprint density at radius 3 is 2.46 bits per heavy atom. The van der Waals surface area contributed by atoms with Crippen LogP contribution in [0.3, 0.4) is 0 Å². The molecule has 0 saturated heterocycles. The maximum absolute atomic E-state index is 13.0. The molecule has 0 aromatic heterocycles. The van der Waals surface area contributed by atoms with Crippen LogP contribution in [0.15, 0.2) is 36.4 Å². The SMILES string of the molecule is Cc1cc(C)c(C(=O)c2ccc(Cl)cc2)c(OCC(O)CNC(C)C)c1. The monoisotopic (exact) mass is 375 g/mol. The van der Waals surface area contributed by atoms with Crippen LogP contribution in [0.1, 0.15) is 40.9 Å². The van der Waals surface area contributed by atoms with Gasteiger partial charge in [-0.05, 0) is 55.3 Å². The molecule has 2 N–H and O–H groups in total. The number of benzene rings is 2. The molecule has 0 heterocycles. The normalized spacial score (nSPS) is 12.3. The second kappa shape index (κ2) is 9.17. The predicted octanol–water partition coefficient (Wildman–Crippen LogP) is 3.93. The van der Waals surface area contributed by atoms with Gasteiger partial charge in [-0.2, -0.15) is 0 Å². The lowest BCUT2D eigenvalue weighted by atomic mass is 9.96. The molecule has 2 aromatic rings. The minimum atomic E-state index is -0.656. The number of ether oxygens (including phenoxy) is 1. The molecule has 1 atom stereocenters. The average Bonchev–Trinajstić information content (AvgIpc) is 2.57. The second-order valence-electron chi connectivity index (χ2n) is 6.82. The van der Waals surface area contributed by atoms with Gasteiger partial charge in [-0.3, -0.25) is 4.79 Å². The summed E-state index contributed by atoms with van der Waals surface area (Å²) in [7, 11) is 0. The van der Waals surface area contributed by atoms with Crippen molar-refractivity contribution in [1.29, 1.82) is 0 Å². The Balaban J connectivity index is 2.23. The Morgan fingerprint density at radius 1 is 1.19 bits per heavy atom. The summed E-state index contributed by atoms with van der Waals surface area (Å²) in [5, 5.41) is 13.8. The highest BCUT2D eigenvalue weighted by Gasteiger charge is 2.19. The maximum Gasteiger partial charge on any atom is 0.197 e. The van der Waals surface area contributed by atoms with Crippen molar-refractivity contribution >= 4 is 17.4 Å². The van der Waals surface area contributed by atoms with Crippen LogP contribution in [0.25, 0.3) is 0 Å². The molecule has 5 heteroatoms. The number of aryl methyl sites for hydroxylation is 2. The van der Waals surface area contributed by atoms with Gasteiger partial charge in [-0.15, -0.1) is 0 Å².